The molecule has 4 rings (SSSR count). The first-order valence-corrected chi connectivity index (χ1v) is 11.2. The van der Waals surface area contributed by atoms with Gasteiger partial charge in [0, 0.05) is 10.6 Å². The number of para-hydroxylation sites is 1. The van der Waals surface area contributed by atoms with E-state index in [1.807, 2.05) is 38.1 Å². The zero-order valence-electron chi connectivity index (χ0n) is 17.1. The van der Waals surface area contributed by atoms with Crippen molar-refractivity contribution in [2.24, 2.45) is 23.7 Å². The Labute approximate surface area is 179 Å². The minimum absolute atomic E-state index is 0.0821. The summed E-state index contributed by atoms with van der Waals surface area (Å²) in [5, 5.41) is 15.9. The van der Waals surface area contributed by atoms with Crippen LogP contribution in [0.25, 0.3) is 0 Å². The van der Waals surface area contributed by atoms with Crippen molar-refractivity contribution < 1.29 is 19.5 Å². The van der Waals surface area contributed by atoms with Crippen molar-refractivity contribution in [2.75, 3.05) is 10.6 Å². The molecular weight excluding hydrogens is 400 g/mol. The minimum atomic E-state index is -0.890. The Morgan fingerprint density at radius 1 is 1.03 bits per heavy atom. The number of thiophene rings is 1. The summed E-state index contributed by atoms with van der Waals surface area (Å²) < 4.78 is 0. The Bertz CT molecular complexity index is 969. The van der Waals surface area contributed by atoms with E-state index >= 15 is 0 Å². The Balaban J connectivity index is 1.58. The standard InChI is InChI=1S/C23H26N2O4S/c1-12(2)17-11-16(20(26)24-15-6-4-3-5-7-15)22(30-17)25-21(27)18-13-8-9-14(10-13)19(18)23(28)29/h3-7,11-14,18-19H,8-10H2,1-2H3,(H,24,26)(H,25,27)(H,28,29)/t13-,14-,18-,19+/m0/s1. The van der Waals surface area contributed by atoms with Crippen LogP contribution in [0.1, 0.15) is 54.3 Å². The molecule has 2 aliphatic rings. The number of hydrogen-bond acceptors (Lipinski definition) is 4. The number of aliphatic carboxylic acids is 1. The molecule has 2 bridgehead atoms. The number of anilines is 2. The predicted molar refractivity (Wildman–Crippen MR) is 117 cm³/mol. The number of carboxylic acids is 1. The molecule has 1 aromatic heterocycles. The highest BCUT2D eigenvalue weighted by molar-refractivity contribution is 7.16. The Kier molecular flexibility index (Phi) is 5.64. The van der Waals surface area contributed by atoms with Crippen molar-refractivity contribution in [3.8, 4) is 0 Å². The summed E-state index contributed by atoms with van der Waals surface area (Å²) in [6.45, 7) is 4.07. The summed E-state index contributed by atoms with van der Waals surface area (Å²) in [6, 6.07) is 11.0. The molecule has 1 heterocycles. The maximum Gasteiger partial charge on any atom is 0.307 e. The van der Waals surface area contributed by atoms with Crippen LogP contribution in [0.5, 0.6) is 0 Å². The average molecular weight is 427 g/mol. The van der Waals surface area contributed by atoms with Crippen LogP contribution in [-0.4, -0.2) is 22.9 Å². The van der Waals surface area contributed by atoms with E-state index in [1.165, 1.54) is 11.3 Å². The molecule has 2 aromatic rings. The first kappa shape index (κ1) is 20.6. The van der Waals surface area contributed by atoms with Gasteiger partial charge in [-0.3, -0.25) is 14.4 Å². The number of hydrogen-bond donors (Lipinski definition) is 3. The topological polar surface area (TPSA) is 95.5 Å². The maximum absolute atomic E-state index is 13.1. The second-order valence-electron chi connectivity index (χ2n) is 8.58. The van der Waals surface area contributed by atoms with Crippen molar-refractivity contribution >= 4 is 39.8 Å². The van der Waals surface area contributed by atoms with Crippen molar-refractivity contribution in [1.82, 2.24) is 0 Å². The largest absolute Gasteiger partial charge is 0.481 e. The monoisotopic (exact) mass is 426 g/mol. The van der Waals surface area contributed by atoms with Crippen LogP contribution in [0.2, 0.25) is 0 Å². The molecule has 30 heavy (non-hydrogen) atoms. The van der Waals surface area contributed by atoms with Gasteiger partial charge in [-0.15, -0.1) is 11.3 Å². The molecule has 0 saturated heterocycles. The van der Waals surface area contributed by atoms with E-state index in [4.69, 9.17) is 0 Å². The molecule has 1 aromatic carbocycles. The van der Waals surface area contributed by atoms with Crippen LogP contribution in [0.15, 0.2) is 36.4 Å². The van der Waals surface area contributed by atoms with Crippen molar-refractivity contribution in [3.63, 3.8) is 0 Å². The lowest BCUT2D eigenvalue weighted by Gasteiger charge is -2.26. The van der Waals surface area contributed by atoms with Crippen LogP contribution in [0.4, 0.5) is 10.7 Å². The molecule has 0 spiro atoms. The lowest BCUT2D eigenvalue weighted by molar-refractivity contribution is -0.148. The highest BCUT2D eigenvalue weighted by Gasteiger charge is 2.54. The van der Waals surface area contributed by atoms with E-state index in [0.717, 1.165) is 24.1 Å². The van der Waals surface area contributed by atoms with Gasteiger partial charge in [0.25, 0.3) is 5.91 Å². The number of nitrogens with one attached hydrogen (secondary N) is 2. The third-order valence-corrected chi connectivity index (χ3v) is 7.69. The molecule has 0 unspecified atom stereocenters. The van der Waals surface area contributed by atoms with E-state index in [1.54, 1.807) is 12.1 Å². The SMILES string of the molecule is CC(C)c1cc(C(=O)Nc2ccccc2)c(NC(=O)[C@H]2[C@H]3CC[C@@H](C3)[C@H]2C(=O)O)s1. The fourth-order valence-electron chi connectivity index (χ4n) is 4.90. The molecule has 4 atom stereocenters. The summed E-state index contributed by atoms with van der Waals surface area (Å²) >= 11 is 1.38. The number of rotatable bonds is 6. The van der Waals surface area contributed by atoms with Crippen LogP contribution >= 0.6 is 11.3 Å². The van der Waals surface area contributed by atoms with Crippen LogP contribution < -0.4 is 10.6 Å². The predicted octanol–water partition coefficient (Wildman–Crippen LogP) is 4.81. The normalized spacial score (nSPS) is 24.8. The summed E-state index contributed by atoms with van der Waals surface area (Å²) in [7, 11) is 0. The number of benzene rings is 1. The Morgan fingerprint density at radius 3 is 2.33 bits per heavy atom. The number of carbonyl (C=O) groups is 3. The van der Waals surface area contributed by atoms with Gasteiger partial charge in [0.2, 0.25) is 5.91 Å². The third-order valence-electron chi connectivity index (χ3n) is 6.34. The van der Waals surface area contributed by atoms with Gasteiger partial charge >= 0.3 is 5.97 Å². The Hall–Kier alpha value is -2.67. The minimum Gasteiger partial charge on any atom is -0.481 e. The van der Waals surface area contributed by atoms with Gasteiger partial charge in [-0.05, 0) is 55.2 Å². The van der Waals surface area contributed by atoms with Crippen molar-refractivity contribution in [3.05, 3.63) is 46.8 Å². The summed E-state index contributed by atoms with van der Waals surface area (Å²) in [5.74, 6) is -2.22. The number of carbonyl (C=O) groups excluding carboxylic acids is 2. The average Bonchev–Trinajstić information content (AvgIpc) is 3.42. The molecule has 158 valence electrons. The first-order chi connectivity index (χ1) is 14.3. The summed E-state index contributed by atoms with van der Waals surface area (Å²) in [5.41, 5.74) is 1.09. The maximum atomic E-state index is 13.1. The van der Waals surface area contributed by atoms with Crippen LogP contribution in [0, 0.1) is 23.7 Å². The van der Waals surface area contributed by atoms with Gasteiger partial charge in [0.05, 0.1) is 17.4 Å². The molecular formula is C23H26N2O4S. The molecule has 2 fully saturated rings. The number of amides is 2. The van der Waals surface area contributed by atoms with Gasteiger partial charge in [0.15, 0.2) is 0 Å². The second kappa shape index (κ2) is 8.22. The highest BCUT2D eigenvalue weighted by Crippen LogP contribution is 2.53. The molecule has 2 aliphatic carbocycles. The smallest absolute Gasteiger partial charge is 0.307 e. The van der Waals surface area contributed by atoms with E-state index in [0.29, 0.717) is 16.3 Å². The van der Waals surface area contributed by atoms with Gasteiger partial charge in [-0.1, -0.05) is 32.0 Å². The zero-order chi connectivity index (χ0) is 21.4. The third kappa shape index (κ3) is 3.86. The molecule has 0 radical (unpaired) electrons. The zero-order valence-corrected chi connectivity index (χ0v) is 17.9. The fraction of sp³-hybridized carbons (Fsp3) is 0.435. The summed E-state index contributed by atoms with van der Waals surface area (Å²) in [4.78, 5) is 38.8. The van der Waals surface area contributed by atoms with Crippen LogP contribution in [0.3, 0.4) is 0 Å². The molecule has 3 N–H and O–H groups in total. The van der Waals surface area contributed by atoms with Gasteiger partial charge < -0.3 is 15.7 Å². The Morgan fingerprint density at radius 2 is 1.70 bits per heavy atom. The van der Waals surface area contributed by atoms with Crippen LogP contribution in [-0.2, 0) is 9.59 Å². The quantitative estimate of drug-likeness (QED) is 0.618. The van der Waals surface area contributed by atoms with Gasteiger partial charge in [0.1, 0.15) is 5.00 Å². The van der Waals surface area contributed by atoms with Gasteiger partial charge in [-0.2, -0.15) is 0 Å². The van der Waals surface area contributed by atoms with Crippen molar-refractivity contribution in [1.29, 1.82) is 0 Å². The van der Waals surface area contributed by atoms with E-state index in [9.17, 15) is 19.5 Å². The van der Waals surface area contributed by atoms with Crippen molar-refractivity contribution in [2.45, 2.75) is 39.0 Å². The molecule has 7 heteroatoms. The molecule has 0 aliphatic heterocycles. The van der Waals surface area contributed by atoms with Gasteiger partial charge in [-0.25, -0.2) is 0 Å². The number of fused-ring (bicyclic) bond motifs is 2. The fourth-order valence-corrected chi connectivity index (χ4v) is 5.96. The molecule has 6 nitrogen and oxygen atoms in total. The lowest BCUT2D eigenvalue weighted by Crippen LogP contribution is -2.38. The lowest BCUT2D eigenvalue weighted by atomic mass is 9.79. The highest BCUT2D eigenvalue weighted by atomic mass is 32.1. The second-order valence-corrected chi connectivity index (χ2v) is 9.66. The van der Waals surface area contributed by atoms with E-state index in [-0.39, 0.29) is 29.6 Å². The van der Waals surface area contributed by atoms with E-state index in [2.05, 4.69) is 10.6 Å². The molecule has 2 saturated carbocycles. The summed E-state index contributed by atoms with van der Waals surface area (Å²) in [6.07, 6.45) is 2.58. The number of carboxylic acid groups (broad SMARTS) is 1. The van der Waals surface area contributed by atoms with E-state index < -0.39 is 17.8 Å². The first-order valence-electron chi connectivity index (χ1n) is 10.4. The molecule has 2 amide bonds.